The van der Waals surface area contributed by atoms with Crippen molar-refractivity contribution in [2.24, 2.45) is 5.18 Å². The first-order valence-electron chi connectivity index (χ1n) is 11.3. The fraction of sp³-hybridized carbons (Fsp3) is 0.458. The Hall–Kier alpha value is -3.33. The van der Waals surface area contributed by atoms with Gasteiger partial charge < -0.3 is 15.4 Å². The summed E-state index contributed by atoms with van der Waals surface area (Å²) in [5.41, 5.74) is 2.02. The van der Waals surface area contributed by atoms with E-state index in [9.17, 15) is 9.70 Å². The van der Waals surface area contributed by atoms with Crippen LogP contribution in [0.3, 0.4) is 0 Å². The first kappa shape index (κ1) is 21.5. The van der Waals surface area contributed by atoms with Gasteiger partial charge in [-0.3, -0.25) is 9.20 Å². The molecule has 0 radical (unpaired) electrons. The van der Waals surface area contributed by atoms with Crippen LogP contribution < -0.4 is 10.6 Å². The molecule has 2 atom stereocenters. The zero-order chi connectivity index (χ0) is 23.1. The number of fused-ring (bicyclic) bond motifs is 1. The van der Waals surface area contributed by atoms with Crippen molar-refractivity contribution in [1.29, 1.82) is 0 Å². The molecular formula is C24H28N6O3. The van der Waals surface area contributed by atoms with Gasteiger partial charge in [0.05, 0.1) is 36.3 Å². The number of rotatable bonds is 6. The van der Waals surface area contributed by atoms with E-state index >= 15 is 0 Å². The Morgan fingerprint density at radius 2 is 2.12 bits per heavy atom. The van der Waals surface area contributed by atoms with E-state index in [1.54, 1.807) is 18.3 Å². The zero-order valence-corrected chi connectivity index (χ0v) is 18.9. The van der Waals surface area contributed by atoms with Gasteiger partial charge in [-0.25, -0.2) is 9.97 Å². The van der Waals surface area contributed by atoms with Gasteiger partial charge in [0.15, 0.2) is 0 Å². The van der Waals surface area contributed by atoms with Crippen molar-refractivity contribution < 1.29 is 9.53 Å². The smallest absolute Gasteiger partial charge is 0.252 e. The minimum atomic E-state index is -0.512. The van der Waals surface area contributed by atoms with Crippen molar-refractivity contribution in [3.63, 3.8) is 0 Å². The second-order valence-electron chi connectivity index (χ2n) is 9.73. The number of ether oxygens (including phenoxy) is 1. The van der Waals surface area contributed by atoms with Crippen molar-refractivity contribution >= 4 is 17.4 Å². The van der Waals surface area contributed by atoms with Crippen molar-refractivity contribution in [3.05, 3.63) is 53.2 Å². The first-order chi connectivity index (χ1) is 15.9. The van der Waals surface area contributed by atoms with Crippen LogP contribution in [0.5, 0.6) is 0 Å². The molecule has 3 aromatic rings. The summed E-state index contributed by atoms with van der Waals surface area (Å²) in [6, 6.07) is 9.54. The normalized spacial score (nSPS) is 24.1. The van der Waals surface area contributed by atoms with E-state index in [0.29, 0.717) is 30.8 Å². The highest BCUT2D eigenvalue weighted by atomic mass is 16.5. The van der Waals surface area contributed by atoms with Crippen LogP contribution >= 0.6 is 0 Å². The molecule has 1 saturated carbocycles. The zero-order valence-electron chi connectivity index (χ0n) is 18.9. The lowest BCUT2D eigenvalue weighted by Gasteiger charge is -2.38. The van der Waals surface area contributed by atoms with Crippen molar-refractivity contribution in [1.82, 2.24) is 19.7 Å². The SMILES string of the molecule is CC1(N=O)CCCC(Nc2cccc(-c3cnc4cc(C(=O)NC5(C)COC5)ccn34)n2)C1. The molecule has 2 aliphatic rings. The molecule has 1 saturated heterocycles. The highest BCUT2D eigenvalue weighted by Gasteiger charge is 2.35. The molecule has 9 heteroatoms. The highest BCUT2D eigenvalue weighted by Crippen LogP contribution is 2.33. The van der Waals surface area contributed by atoms with E-state index in [-0.39, 0.29) is 17.5 Å². The second-order valence-corrected chi connectivity index (χ2v) is 9.73. The molecule has 9 nitrogen and oxygen atoms in total. The van der Waals surface area contributed by atoms with Gasteiger partial charge in [-0.1, -0.05) is 11.2 Å². The van der Waals surface area contributed by atoms with Crippen LogP contribution in [0.2, 0.25) is 0 Å². The quantitative estimate of drug-likeness (QED) is 0.555. The molecule has 1 aliphatic heterocycles. The fourth-order valence-electron chi connectivity index (χ4n) is 4.68. The van der Waals surface area contributed by atoms with E-state index in [2.05, 4.69) is 20.8 Å². The van der Waals surface area contributed by atoms with E-state index < -0.39 is 5.54 Å². The lowest BCUT2D eigenvalue weighted by molar-refractivity contribution is -0.0593. The van der Waals surface area contributed by atoms with E-state index in [1.807, 2.05) is 42.6 Å². The number of anilines is 1. The Morgan fingerprint density at radius 3 is 2.88 bits per heavy atom. The summed E-state index contributed by atoms with van der Waals surface area (Å²) in [7, 11) is 0. The van der Waals surface area contributed by atoms with Gasteiger partial charge in [0.2, 0.25) is 0 Å². The minimum absolute atomic E-state index is 0.138. The maximum atomic E-state index is 12.6. The molecule has 2 N–H and O–H groups in total. The van der Waals surface area contributed by atoms with E-state index in [4.69, 9.17) is 9.72 Å². The number of imidazole rings is 1. The Labute approximate surface area is 191 Å². The summed E-state index contributed by atoms with van der Waals surface area (Å²) in [6.45, 7) is 4.94. The molecular weight excluding hydrogens is 420 g/mol. The van der Waals surface area contributed by atoms with Gasteiger partial charge in [0, 0.05) is 17.8 Å². The largest absolute Gasteiger partial charge is 0.376 e. The predicted octanol–water partition coefficient (Wildman–Crippen LogP) is 3.79. The molecule has 0 aromatic carbocycles. The van der Waals surface area contributed by atoms with Crippen molar-refractivity contribution in [2.45, 2.75) is 56.7 Å². The van der Waals surface area contributed by atoms with Crippen LogP contribution in [0, 0.1) is 4.91 Å². The molecule has 3 aromatic heterocycles. The predicted molar refractivity (Wildman–Crippen MR) is 125 cm³/mol. The number of nitroso groups, excluding NO2 is 1. The molecule has 2 fully saturated rings. The van der Waals surface area contributed by atoms with E-state index in [1.165, 1.54) is 0 Å². The number of hydrogen-bond donors (Lipinski definition) is 2. The molecule has 0 bridgehead atoms. The van der Waals surface area contributed by atoms with Crippen molar-refractivity contribution in [3.8, 4) is 11.4 Å². The Morgan fingerprint density at radius 1 is 1.27 bits per heavy atom. The van der Waals surface area contributed by atoms with Crippen LogP contribution in [0.4, 0.5) is 5.82 Å². The summed E-state index contributed by atoms with van der Waals surface area (Å²) in [5, 5.41) is 9.85. The second kappa shape index (κ2) is 8.22. The maximum Gasteiger partial charge on any atom is 0.252 e. The Bertz CT molecular complexity index is 1200. The highest BCUT2D eigenvalue weighted by molar-refractivity contribution is 5.95. The number of amides is 1. The summed E-state index contributed by atoms with van der Waals surface area (Å²) in [5.74, 6) is 0.621. The number of nitrogens with zero attached hydrogens (tertiary/aromatic N) is 4. The first-order valence-corrected chi connectivity index (χ1v) is 11.3. The van der Waals surface area contributed by atoms with Crippen LogP contribution in [0.15, 0.2) is 47.9 Å². The third kappa shape index (κ3) is 4.32. The number of pyridine rings is 2. The van der Waals surface area contributed by atoms with Gasteiger partial charge in [-0.15, -0.1) is 0 Å². The van der Waals surface area contributed by atoms with E-state index in [0.717, 1.165) is 36.5 Å². The Balaban J connectivity index is 1.35. The molecule has 2 unspecified atom stereocenters. The lowest BCUT2D eigenvalue weighted by Crippen LogP contribution is -2.59. The number of carbonyl (C=O) groups excluding carboxylic acids is 1. The number of aromatic nitrogens is 3. The minimum Gasteiger partial charge on any atom is -0.376 e. The van der Waals surface area contributed by atoms with Crippen LogP contribution in [-0.4, -0.2) is 50.6 Å². The molecule has 0 spiro atoms. The monoisotopic (exact) mass is 448 g/mol. The standard InChI is InChI=1S/C24H28N6O3/c1-23(29-32)9-4-5-17(12-23)26-20-7-3-6-18(27-20)19-13-25-21-11-16(8-10-30(19)21)22(31)28-24(2)14-33-15-24/h3,6-8,10-11,13,17H,4-5,9,12,14-15H2,1-2H3,(H,26,27)(H,28,31). The summed E-state index contributed by atoms with van der Waals surface area (Å²) in [4.78, 5) is 33.1. The molecule has 172 valence electrons. The molecule has 5 rings (SSSR count). The average Bonchev–Trinajstić information content (AvgIpc) is 3.21. The van der Waals surface area contributed by atoms with Gasteiger partial charge >= 0.3 is 0 Å². The van der Waals surface area contributed by atoms with Gasteiger partial charge in [-0.2, -0.15) is 4.91 Å². The van der Waals surface area contributed by atoms with Gasteiger partial charge in [-0.05, 0) is 63.8 Å². The van der Waals surface area contributed by atoms with Crippen molar-refractivity contribution in [2.75, 3.05) is 18.5 Å². The fourth-order valence-corrected chi connectivity index (χ4v) is 4.68. The average molecular weight is 449 g/mol. The molecule has 1 aliphatic carbocycles. The lowest BCUT2D eigenvalue weighted by atomic mass is 9.81. The summed E-state index contributed by atoms with van der Waals surface area (Å²) in [6.07, 6.45) is 7.09. The number of nitrogens with one attached hydrogen (secondary N) is 2. The molecule has 4 heterocycles. The maximum absolute atomic E-state index is 12.6. The number of hydrogen-bond acceptors (Lipinski definition) is 7. The third-order valence-corrected chi connectivity index (χ3v) is 6.57. The summed E-state index contributed by atoms with van der Waals surface area (Å²) < 4.78 is 7.13. The van der Waals surface area contributed by atoms with Crippen LogP contribution in [0.1, 0.15) is 49.9 Å². The Kier molecular flexibility index (Phi) is 5.36. The van der Waals surface area contributed by atoms with Crippen LogP contribution in [0.25, 0.3) is 17.0 Å². The van der Waals surface area contributed by atoms with Crippen LogP contribution in [-0.2, 0) is 4.74 Å². The topological polar surface area (TPSA) is 110 Å². The third-order valence-electron chi connectivity index (χ3n) is 6.57. The molecule has 33 heavy (non-hydrogen) atoms. The molecule has 1 amide bonds. The summed E-state index contributed by atoms with van der Waals surface area (Å²) >= 11 is 0. The van der Waals surface area contributed by atoms with Gasteiger partial charge in [0.25, 0.3) is 5.91 Å². The van der Waals surface area contributed by atoms with Gasteiger partial charge in [0.1, 0.15) is 17.0 Å². The number of carbonyl (C=O) groups is 1.